The van der Waals surface area contributed by atoms with E-state index in [0.717, 1.165) is 23.2 Å². The summed E-state index contributed by atoms with van der Waals surface area (Å²) in [6.07, 6.45) is 1.11. The Labute approximate surface area is 142 Å². The number of carbonyl (C=O) groups is 2. The Kier molecular flexibility index (Phi) is 4.38. The van der Waals surface area contributed by atoms with Gasteiger partial charge in [-0.1, -0.05) is 37.3 Å². The third-order valence-electron chi connectivity index (χ3n) is 4.55. The molecule has 124 valence electrons. The van der Waals surface area contributed by atoms with Crippen LogP contribution in [0.3, 0.4) is 0 Å². The first kappa shape index (κ1) is 16.2. The Bertz CT molecular complexity index is 760. The third-order valence-corrected chi connectivity index (χ3v) is 4.55. The summed E-state index contributed by atoms with van der Waals surface area (Å²) >= 11 is 0. The van der Waals surface area contributed by atoms with Crippen LogP contribution >= 0.6 is 0 Å². The van der Waals surface area contributed by atoms with Crippen LogP contribution in [0, 0.1) is 13.8 Å². The van der Waals surface area contributed by atoms with Crippen molar-refractivity contribution in [1.29, 1.82) is 0 Å². The molecule has 4 nitrogen and oxygen atoms in total. The fourth-order valence-corrected chi connectivity index (χ4v) is 3.11. The highest BCUT2D eigenvalue weighted by atomic mass is 16.2. The Morgan fingerprint density at radius 1 is 1.04 bits per heavy atom. The maximum atomic E-state index is 12.7. The van der Waals surface area contributed by atoms with Crippen molar-refractivity contribution >= 4 is 23.2 Å². The van der Waals surface area contributed by atoms with Crippen molar-refractivity contribution in [3.8, 4) is 0 Å². The van der Waals surface area contributed by atoms with Gasteiger partial charge in [0, 0.05) is 5.69 Å². The van der Waals surface area contributed by atoms with Crippen LogP contribution in [-0.2, 0) is 16.0 Å². The van der Waals surface area contributed by atoms with E-state index < -0.39 is 6.04 Å². The van der Waals surface area contributed by atoms with E-state index in [9.17, 15) is 9.59 Å². The Morgan fingerprint density at radius 2 is 1.67 bits per heavy atom. The number of hydrogen-bond donors (Lipinski definition) is 1. The molecule has 0 saturated carbocycles. The zero-order valence-corrected chi connectivity index (χ0v) is 14.3. The second kappa shape index (κ2) is 6.48. The first-order valence-corrected chi connectivity index (χ1v) is 8.29. The molecule has 24 heavy (non-hydrogen) atoms. The van der Waals surface area contributed by atoms with Crippen molar-refractivity contribution in [3.63, 3.8) is 0 Å². The van der Waals surface area contributed by atoms with E-state index >= 15 is 0 Å². The van der Waals surface area contributed by atoms with Gasteiger partial charge in [0.1, 0.15) is 6.04 Å². The molecule has 1 aliphatic heterocycles. The molecule has 1 N–H and O–H groups in total. The van der Waals surface area contributed by atoms with E-state index in [0.29, 0.717) is 5.69 Å². The lowest BCUT2D eigenvalue weighted by Gasteiger charge is -2.18. The van der Waals surface area contributed by atoms with Crippen molar-refractivity contribution < 1.29 is 9.59 Å². The number of imide groups is 1. The Hall–Kier alpha value is -2.62. The largest absolute Gasteiger partial charge is 0.373 e. The quantitative estimate of drug-likeness (QED) is 0.875. The van der Waals surface area contributed by atoms with Gasteiger partial charge in [-0.15, -0.1) is 0 Å². The summed E-state index contributed by atoms with van der Waals surface area (Å²) in [7, 11) is 0. The van der Waals surface area contributed by atoms with Gasteiger partial charge in [-0.2, -0.15) is 0 Å². The van der Waals surface area contributed by atoms with Crippen molar-refractivity contribution in [3.05, 3.63) is 59.2 Å². The second-order valence-corrected chi connectivity index (χ2v) is 6.26. The predicted octanol–water partition coefficient (Wildman–Crippen LogP) is 3.61. The molecule has 0 bridgehead atoms. The molecule has 1 aliphatic rings. The summed E-state index contributed by atoms with van der Waals surface area (Å²) in [5.41, 5.74) is 4.91. The molecule has 0 unspecified atom stereocenters. The lowest BCUT2D eigenvalue weighted by molar-refractivity contribution is -0.121. The Balaban J connectivity index is 1.83. The normalized spacial score (nSPS) is 17.5. The van der Waals surface area contributed by atoms with Crippen LogP contribution in [-0.4, -0.2) is 17.9 Å². The summed E-state index contributed by atoms with van der Waals surface area (Å²) < 4.78 is 0. The molecule has 2 aromatic rings. The highest BCUT2D eigenvalue weighted by molar-refractivity contribution is 6.23. The molecule has 4 heteroatoms. The van der Waals surface area contributed by atoms with Gasteiger partial charge in [0.2, 0.25) is 5.91 Å². The maximum Gasteiger partial charge on any atom is 0.256 e. The zero-order valence-electron chi connectivity index (χ0n) is 14.3. The standard InChI is InChI=1S/C20H22N2O2/c1-4-15-8-10-16(11-9-15)22-18(23)12-17(20(22)24)21-19-13(2)6-5-7-14(19)3/h5-11,17,21H,4,12H2,1-3H3/t17-/m0/s1. The number of hydrogen-bond acceptors (Lipinski definition) is 3. The lowest BCUT2D eigenvalue weighted by Crippen LogP contribution is -2.35. The van der Waals surface area contributed by atoms with Crippen LogP contribution in [0.2, 0.25) is 0 Å². The summed E-state index contributed by atoms with van der Waals surface area (Å²) in [4.78, 5) is 26.4. The number of anilines is 2. The smallest absolute Gasteiger partial charge is 0.256 e. The van der Waals surface area contributed by atoms with E-state index in [1.165, 1.54) is 10.5 Å². The number of aryl methyl sites for hydroxylation is 3. The predicted molar refractivity (Wildman–Crippen MR) is 96.3 cm³/mol. The summed E-state index contributed by atoms with van der Waals surface area (Å²) in [5.74, 6) is -0.347. The van der Waals surface area contributed by atoms with Crippen molar-refractivity contribution in [1.82, 2.24) is 0 Å². The molecule has 1 heterocycles. The van der Waals surface area contributed by atoms with Crippen molar-refractivity contribution in [2.45, 2.75) is 39.7 Å². The zero-order chi connectivity index (χ0) is 17.3. The molecular formula is C20H22N2O2. The highest BCUT2D eigenvalue weighted by Crippen LogP contribution is 2.27. The van der Waals surface area contributed by atoms with E-state index in [-0.39, 0.29) is 18.2 Å². The number of carbonyl (C=O) groups excluding carboxylic acids is 2. The van der Waals surface area contributed by atoms with Gasteiger partial charge in [0.25, 0.3) is 5.91 Å². The minimum absolute atomic E-state index is 0.159. The monoisotopic (exact) mass is 322 g/mol. The second-order valence-electron chi connectivity index (χ2n) is 6.26. The van der Waals surface area contributed by atoms with Crippen LogP contribution in [0.4, 0.5) is 11.4 Å². The average molecular weight is 322 g/mol. The third kappa shape index (κ3) is 2.92. The van der Waals surface area contributed by atoms with Crippen LogP contribution < -0.4 is 10.2 Å². The molecular weight excluding hydrogens is 300 g/mol. The van der Waals surface area contributed by atoms with Crippen LogP contribution in [0.15, 0.2) is 42.5 Å². The van der Waals surface area contributed by atoms with Gasteiger partial charge in [-0.05, 0) is 49.1 Å². The molecule has 0 spiro atoms. The fraction of sp³-hybridized carbons (Fsp3) is 0.300. The summed E-state index contributed by atoms with van der Waals surface area (Å²) in [6, 6.07) is 13.1. The molecule has 1 saturated heterocycles. The topological polar surface area (TPSA) is 49.4 Å². The number of rotatable bonds is 4. The molecule has 0 aliphatic carbocycles. The maximum absolute atomic E-state index is 12.7. The molecule has 0 radical (unpaired) electrons. The Morgan fingerprint density at radius 3 is 2.25 bits per heavy atom. The summed E-state index contributed by atoms with van der Waals surface area (Å²) in [5, 5.41) is 3.27. The molecule has 0 aromatic heterocycles. The van der Waals surface area contributed by atoms with Gasteiger partial charge >= 0.3 is 0 Å². The molecule has 1 fully saturated rings. The SMILES string of the molecule is CCc1ccc(N2C(=O)C[C@H](Nc3c(C)cccc3C)C2=O)cc1. The number of amides is 2. The minimum Gasteiger partial charge on any atom is -0.373 e. The molecule has 1 atom stereocenters. The van der Waals surface area contributed by atoms with Gasteiger partial charge in [0.05, 0.1) is 12.1 Å². The number of nitrogens with one attached hydrogen (secondary N) is 1. The van der Waals surface area contributed by atoms with E-state index in [4.69, 9.17) is 0 Å². The van der Waals surface area contributed by atoms with Crippen molar-refractivity contribution in [2.24, 2.45) is 0 Å². The lowest BCUT2D eigenvalue weighted by atomic mass is 10.1. The van der Waals surface area contributed by atoms with E-state index in [1.807, 2.05) is 56.3 Å². The first-order valence-electron chi connectivity index (χ1n) is 8.29. The summed E-state index contributed by atoms with van der Waals surface area (Å²) in [6.45, 7) is 6.07. The fourth-order valence-electron chi connectivity index (χ4n) is 3.11. The van der Waals surface area contributed by atoms with Gasteiger partial charge in [0.15, 0.2) is 0 Å². The first-order chi connectivity index (χ1) is 11.5. The van der Waals surface area contributed by atoms with Crippen LogP contribution in [0.1, 0.15) is 30.0 Å². The number of nitrogens with zero attached hydrogens (tertiary/aromatic N) is 1. The molecule has 2 amide bonds. The minimum atomic E-state index is -0.511. The molecule has 2 aromatic carbocycles. The number of benzene rings is 2. The van der Waals surface area contributed by atoms with Gasteiger partial charge in [-0.25, -0.2) is 4.90 Å². The average Bonchev–Trinajstić information content (AvgIpc) is 2.85. The van der Waals surface area contributed by atoms with E-state index in [2.05, 4.69) is 12.2 Å². The molecule has 3 rings (SSSR count). The van der Waals surface area contributed by atoms with Crippen molar-refractivity contribution in [2.75, 3.05) is 10.2 Å². The van der Waals surface area contributed by atoms with Crippen LogP contribution in [0.5, 0.6) is 0 Å². The number of para-hydroxylation sites is 1. The van der Waals surface area contributed by atoms with E-state index in [1.54, 1.807) is 0 Å². The van der Waals surface area contributed by atoms with Gasteiger partial charge < -0.3 is 5.32 Å². The van der Waals surface area contributed by atoms with Gasteiger partial charge in [-0.3, -0.25) is 9.59 Å². The van der Waals surface area contributed by atoms with Crippen LogP contribution in [0.25, 0.3) is 0 Å². The highest BCUT2D eigenvalue weighted by Gasteiger charge is 2.39.